The summed E-state index contributed by atoms with van der Waals surface area (Å²) in [6.45, 7) is -0.691. The van der Waals surface area contributed by atoms with Crippen LogP contribution >= 0.6 is 0 Å². The van der Waals surface area contributed by atoms with Crippen LogP contribution in [0, 0.1) is 15.9 Å². The molecule has 0 aliphatic rings. The molecule has 0 radical (unpaired) electrons. The monoisotopic (exact) mass is 216 g/mol. The normalized spacial score (nSPS) is 12.5. The average Bonchev–Trinajstić information content (AvgIpc) is 2.18. The predicted octanol–water partition coefficient (Wildman–Crippen LogP) is 2.09. The van der Waals surface area contributed by atoms with Gasteiger partial charge in [-0.05, 0) is 12.5 Å². The molecule has 4 nitrogen and oxygen atoms in total. The molecule has 1 atom stereocenters. The molecule has 0 aliphatic carbocycles. The van der Waals surface area contributed by atoms with Gasteiger partial charge in [-0.25, -0.2) is 4.39 Å². The Labute approximate surface area is 84.9 Å². The average molecular weight is 216 g/mol. The summed E-state index contributed by atoms with van der Waals surface area (Å²) >= 11 is 0. The molecule has 1 aromatic carbocycles. The third-order valence-corrected chi connectivity index (χ3v) is 2.01. The molecule has 0 aliphatic heterocycles. The van der Waals surface area contributed by atoms with Gasteiger partial charge in [-0.2, -0.15) is 0 Å². The molecule has 1 rings (SSSR count). The molecular formula is C9H10F2N2O2. The largest absolute Gasteiger partial charge is 0.324 e. The predicted molar refractivity (Wildman–Crippen MR) is 50.6 cm³/mol. The molecule has 0 unspecified atom stereocenters. The number of nitro benzene ring substituents is 1. The van der Waals surface area contributed by atoms with Crippen molar-refractivity contribution in [2.24, 2.45) is 5.73 Å². The van der Waals surface area contributed by atoms with E-state index in [9.17, 15) is 18.9 Å². The molecule has 0 heterocycles. The van der Waals surface area contributed by atoms with Crippen molar-refractivity contribution in [2.75, 3.05) is 6.67 Å². The first kappa shape index (κ1) is 11.5. The topological polar surface area (TPSA) is 69.2 Å². The molecule has 6 heteroatoms. The van der Waals surface area contributed by atoms with E-state index in [1.165, 1.54) is 0 Å². The number of hydrogen-bond acceptors (Lipinski definition) is 3. The van der Waals surface area contributed by atoms with Crippen LogP contribution in [-0.4, -0.2) is 11.6 Å². The molecule has 0 saturated heterocycles. The Morgan fingerprint density at radius 1 is 1.53 bits per heavy atom. The van der Waals surface area contributed by atoms with Crippen molar-refractivity contribution >= 4 is 5.69 Å². The summed E-state index contributed by atoms with van der Waals surface area (Å²) in [5, 5.41) is 10.4. The highest BCUT2D eigenvalue weighted by molar-refractivity contribution is 5.36. The fourth-order valence-corrected chi connectivity index (χ4v) is 1.20. The lowest BCUT2D eigenvalue weighted by Crippen LogP contribution is -2.13. The van der Waals surface area contributed by atoms with Crippen LogP contribution in [0.2, 0.25) is 0 Å². The minimum absolute atomic E-state index is 0.0261. The van der Waals surface area contributed by atoms with Gasteiger partial charge in [-0.1, -0.05) is 0 Å². The van der Waals surface area contributed by atoms with Gasteiger partial charge in [0.1, 0.15) is 5.82 Å². The van der Waals surface area contributed by atoms with Gasteiger partial charge < -0.3 is 5.73 Å². The highest BCUT2D eigenvalue weighted by Gasteiger charge is 2.15. The van der Waals surface area contributed by atoms with E-state index in [0.717, 1.165) is 18.2 Å². The van der Waals surface area contributed by atoms with Gasteiger partial charge in [0.25, 0.3) is 5.69 Å². The van der Waals surface area contributed by atoms with Crippen molar-refractivity contribution in [3.05, 3.63) is 39.7 Å². The van der Waals surface area contributed by atoms with Gasteiger partial charge >= 0.3 is 0 Å². The Morgan fingerprint density at radius 3 is 2.73 bits per heavy atom. The molecular weight excluding hydrogens is 206 g/mol. The van der Waals surface area contributed by atoms with E-state index < -0.39 is 23.5 Å². The zero-order chi connectivity index (χ0) is 11.4. The van der Waals surface area contributed by atoms with E-state index in [2.05, 4.69) is 0 Å². The summed E-state index contributed by atoms with van der Waals surface area (Å²) in [5.74, 6) is -0.651. The van der Waals surface area contributed by atoms with E-state index in [0.29, 0.717) is 0 Å². The van der Waals surface area contributed by atoms with Gasteiger partial charge in [0.05, 0.1) is 11.6 Å². The standard InChI is InChI=1S/C9H10F2N2O2/c10-4-3-9(12)7-5-6(13(14)15)1-2-8(7)11/h1-2,5,9H,3-4,12H2/t9-/m0/s1. The molecule has 0 bridgehead atoms. The van der Waals surface area contributed by atoms with E-state index >= 15 is 0 Å². The Hall–Kier alpha value is -1.56. The van der Waals surface area contributed by atoms with Crippen molar-refractivity contribution in [3.8, 4) is 0 Å². The lowest BCUT2D eigenvalue weighted by molar-refractivity contribution is -0.385. The summed E-state index contributed by atoms with van der Waals surface area (Å²) in [7, 11) is 0. The Kier molecular flexibility index (Phi) is 3.68. The summed E-state index contributed by atoms with van der Waals surface area (Å²) < 4.78 is 25.2. The second-order valence-electron chi connectivity index (χ2n) is 3.05. The molecule has 15 heavy (non-hydrogen) atoms. The third-order valence-electron chi connectivity index (χ3n) is 2.01. The summed E-state index contributed by atoms with van der Waals surface area (Å²) in [5.41, 5.74) is 5.20. The fraction of sp³-hybridized carbons (Fsp3) is 0.333. The fourth-order valence-electron chi connectivity index (χ4n) is 1.20. The first-order valence-electron chi connectivity index (χ1n) is 4.31. The molecule has 0 amide bonds. The number of halogens is 2. The van der Waals surface area contributed by atoms with Crippen molar-refractivity contribution in [1.29, 1.82) is 0 Å². The molecule has 0 fully saturated rings. The Balaban J connectivity index is 3.04. The molecule has 0 saturated carbocycles. The second-order valence-corrected chi connectivity index (χ2v) is 3.05. The van der Waals surface area contributed by atoms with Crippen LogP contribution in [0.1, 0.15) is 18.0 Å². The van der Waals surface area contributed by atoms with E-state index in [-0.39, 0.29) is 17.7 Å². The van der Waals surface area contributed by atoms with Crippen LogP contribution in [0.4, 0.5) is 14.5 Å². The number of hydrogen-bond donors (Lipinski definition) is 1. The molecule has 2 N–H and O–H groups in total. The number of alkyl halides is 1. The number of nitrogens with two attached hydrogens (primary N) is 1. The maximum Gasteiger partial charge on any atom is 0.269 e. The highest BCUT2D eigenvalue weighted by Crippen LogP contribution is 2.23. The summed E-state index contributed by atoms with van der Waals surface area (Å²) in [6.07, 6.45) is -0.0575. The number of nitrogens with zero attached hydrogens (tertiary/aromatic N) is 1. The SMILES string of the molecule is N[C@@H](CCF)c1cc([N+](=O)[O-])ccc1F. The smallest absolute Gasteiger partial charge is 0.269 e. The van der Waals surface area contributed by atoms with Crippen molar-refractivity contribution in [1.82, 2.24) is 0 Å². The van der Waals surface area contributed by atoms with Crippen molar-refractivity contribution < 1.29 is 13.7 Å². The lowest BCUT2D eigenvalue weighted by Gasteiger charge is -2.10. The van der Waals surface area contributed by atoms with Crippen LogP contribution in [0.3, 0.4) is 0 Å². The Morgan fingerprint density at radius 2 is 2.20 bits per heavy atom. The van der Waals surface area contributed by atoms with E-state index in [1.54, 1.807) is 0 Å². The van der Waals surface area contributed by atoms with E-state index in [4.69, 9.17) is 5.73 Å². The number of non-ortho nitro benzene ring substituents is 1. The van der Waals surface area contributed by atoms with Gasteiger partial charge in [-0.3, -0.25) is 14.5 Å². The van der Waals surface area contributed by atoms with Gasteiger partial charge in [0.2, 0.25) is 0 Å². The zero-order valence-corrected chi connectivity index (χ0v) is 7.82. The molecule has 1 aromatic rings. The van der Waals surface area contributed by atoms with Crippen LogP contribution in [0.15, 0.2) is 18.2 Å². The van der Waals surface area contributed by atoms with Crippen molar-refractivity contribution in [3.63, 3.8) is 0 Å². The summed E-state index contributed by atoms with van der Waals surface area (Å²) in [4.78, 5) is 9.77. The van der Waals surface area contributed by atoms with Crippen LogP contribution in [0.25, 0.3) is 0 Å². The first-order chi connectivity index (χ1) is 7.06. The van der Waals surface area contributed by atoms with Crippen LogP contribution in [0.5, 0.6) is 0 Å². The molecule has 0 aromatic heterocycles. The highest BCUT2D eigenvalue weighted by atomic mass is 19.1. The first-order valence-corrected chi connectivity index (χ1v) is 4.31. The molecule has 0 spiro atoms. The summed E-state index contributed by atoms with van der Waals surface area (Å²) in [6, 6.07) is 2.19. The number of nitro groups is 1. The zero-order valence-electron chi connectivity index (χ0n) is 7.82. The van der Waals surface area contributed by atoms with Gasteiger partial charge in [-0.15, -0.1) is 0 Å². The lowest BCUT2D eigenvalue weighted by atomic mass is 10.0. The maximum atomic E-state index is 13.2. The minimum atomic E-state index is -0.852. The quantitative estimate of drug-likeness (QED) is 0.618. The molecule has 82 valence electrons. The van der Waals surface area contributed by atoms with Gasteiger partial charge in [0, 0.05) is 23.7 Å². The second kappa shape index (κ2) is 4.79. The van der Waals surface area contributed by atoms with Gasteiger partial charge in [0.15, 0.2) is 0 Å². The maximum absolute atomic E-state index is 13.2. The van der Waals surface area contributed by atoms with Crippen LogP contribution in [-0.2, 0) is 0 Å². The Bertz CT molecular complexity index is 371. The van der Waals surface area contributed by atoms with E-state index in [1.807, 2.05) is 0 Å². The van der Waals surface area contributed by atoms with Crippen molar-refractivity contribution in [2.45, 2.75) is 12.5 Å². The minimum Gasteiger partial charge on any atom is -0.324 e. The van der Waals surface area contributed by atoms with Crippen LogP contribution < -0.4 is 5.73 Å². The third kappa shape index (κ3) is 2.69. The number of rotatable bonds is 4. The number of benzene rings is 1.